The standard InChI is InChI=1S/C17H23ClO3.C16H15Cl2NO/c1-5-6-11(2)9-12(3)14-10-13(18)7-8-15(14)17(4,21)16(19)20;1-10-3-4-12(17)7-15(10)11(2)14-6-5-13(18)8-16(14)19-9-20/h6-8,10,12,21H,5,9H2,1-4H3,(H,19,20);3-9,11H,1-2H3,(H,19,20)/b11-6-;. The van der Waals surface area contributed by atoms with Gasteiger partial charge < -0.3 is 15.5 Å². The molecule has 220 valence electrons. The van der Waals surface area contributed by atoms with Crippen LogP contribution in [0.15, 0.2) is 66.2 Å². The second kappa shape index (κ2) is 15.4. The Morgan fingerprint density at radius 1 is 0.951 bits per heavy atom. The molecule has 0 bridgehead atoms. The van der Waals surface area contributed by atoms with Gasteiger partial charge >= 0.3 is 5.97 Å². The van der Waals surface area contributed by atoms with Crippen LogP contribution >= 0.6 is 34.8 Å². The Labute approximate surface area is 258 Å². The van der Waals surface area contributed by atoms with Crippen LogP contribution in [0.4, 0.5) is 5.69 Å². The minimum Gasteiger partial charge on any atom is -0.479 e. The van der Waals surface area contributed by atoms with Crippen molar-refractivity contribution >= 4 is 52.9 Å². The molecule has 3 unspecified atom stereocenters. The molecule has 0 aliphatic rings. The first-order valence-electron chi connectivity index (χ1n) is 13.4. The number of halogens is 3. The highest BCUT2D eigenvalue weighted by Gasteiger charge is 2.35. The number of carbonyl (C=O) groups excluding carboxylic acids is 1. The van der Waals surface area contributed by atoms with Gasteiger partial charge in [0.05, 0.1) is 0 Å². The predicted molar refractivity (Wildman–Crippen MR) is 171 cm³/mol. The highest BCUT2D eigenvalue weighted by atomic mass is 35.5. The largest absolute Gasteiger partial charge is 0.479 e. The van der Waals surface area contributed by atoms with Crippen molar-refractivity contribution in [3.8, 4) is 0 Å². The lowest BCUT2D eigenvalue weighted by Crippen LogP contribution is -2.33. The minimum atomic E-state index is -1.92. The topological polar surface area (TPSA) is 86.6 Å². The SMILES string of the molecule is CC/C=C(/C)CC(C)c1cc(Cl)ccc1C(C)(O)C(=O)O.Cc1ccc(Cl)cc1C(C)c1ccc(Cl)cc1NC=O. The number of carbonyl (C=O) groups is 2. The van der Waals surface area contributed by atoms with Crippen LogP contribution in [-0.4, -0.2) is 22.6 Å². The van der Waals surface area contributed by atoms with Gasteiger partial charge in [0.25, 0.3) is 0 Å². The molecule has 0 heterocycles. The Balaban J connectivity index is 0.000000287. The summed E-state index contributed by atoms with van der Waals surface area (Å²) in [4.78, 5) is 22.1. The Hall–Kier alpha value is -2.83. The summed E-state index contributed by atoms with van der Waals surface area (Å²) in [5.41, 5.74) is 4.52. The summed E-state index contributed by atoms with van der Waals surface area (Å²) < 4.78 is 0. The fraction of sp³-hybridized carbons (Fsp3) is 0.333. The van der Waals surface area contributed by atoms with Gasteiger partial charge in [0, 0.05) is 26.7 Å². The van der Waals surface area contributed by atoms with Gasteiger partial charge in [0.2, 0.25) is 6.41 Å². The number of hydrogen-bond donors (Lipinski definition) is 3. The molecule has 0 aliphatic heterocycles. The van der Waals surface area contributed by atoms with Gasteiger partial charge in [0.15, 0.2) is 5.60 Å². The van der Waals surface area contributed by atoms with E-state index in [1.54, 1.807) is 24.3 Å². The van der Waals surface area contributed by atoms with E-state index in [1.165, 1.54) is 12.5 Å². The third kappa shape index (κ3) is 9.34. The maximum atomic E-state index is 11.3. The zero-order chi connectivity index (χ0) is 30.9. The lowest BCUT2D eigenvalue weighted by molar-refractivity contribution is -0.157. The summed E-state index contributed by atoms with van der Waals surface area (Å²) in [6.07, 6.45) is 4.58. The number of carboxylic acids is 1. The Morgan fingerprint density at radius 3 is 2.10 bits per heavy atom. The van der Waals surface area contributed by atoms with Crippen molar-refractivity contribution in [2.45, 2.75) is 71.8 Å². The zero-order valence-corrected chi connectivity index (χ0v) is 26.5. The molecule has 3 rings (SSSR count). The van der Waals surface area contributed by atoms with Crippen molar-refractivity contribution in [2.24, 2.45) is 0 Å². The van der Waals surface area contributed by atoms with E-state index in [-0.39, 0.29) is 11.8 Å². The van der Waals surface area contributed by atoms with E-state index in [9.17, 15) is 19.8 Å². The van der Waals surface area contributed by atoms with Gasteiger partial charge in [0.1, 0.15) is 0 Å². The summed E-state index contributed by atoms with van der Waals surface area (Å²) in [6, 6.07) is 16.3. The summed E-state index contributed by atoms with van der Waals surface area (Å²) in [7, 11) is 0. The Bertz CT molecular complexity index is 1400. The molecule has 0 aliphatic carbocycles. The van der Waals surface area contributed by atoms with E-state index in [4.69, 9.17) is 34.8 Å². The van der Waals surface area contributed by atoms with Crippen LogP contribution in [0.1, 0.15) is 87.1 Å². The molecule has 0 spiro atoms. The maximum Gasteiger partial charge on any atom is 0.340 e. The van der Waals surface area contributed by atoms with Crippen LogP contribution in [0.2, 0.25) is 15.1 Å². The third-order valence-electron chi connectivity index (χ3n) is 7.07. The quantitative estimate of drug-likeness (QED) is 0.156. The number of aliphatic hydroxyl groups is 1. The van der Waals surface area contributed by atoms with Gasteiger partial charge in [-0.3, -0.25) is 4.79 Å². The summed E-state index contributed by atoms with van der Waals surface area (Å²) in [5.74, 6) is -1.08. The van der Waals surface area contributed by atoms with E-state index in [0.29, 0.717) is 27.0 Å². The zero-order valence-electron chi connectivity index (χ0n) is 24.3. The summed E-state index contributed by atoms with van der Waals surface area (Å²) in [6.45, 7) is 11.6. The number of allylic oxidation sites excluding steroid dienone is 2. The van der Waals surface area contributed by atoms with E-state index in [2.05, 4.69) is 32.2 Å². The second-order valence-corrected chi connectivity index (χ2v) is 11.7. The first-order valence-corrected chi connectivity index (χ1v) is 14.5. The van der Waals surface area contributed by atoms with E-state index in [0.717, 1.165) is 40.8 Å². The predicted octanol–water partition coefficient (Wildman–Crippen LogP) is 9.50. The van der Waals surface area contributed by atoms with Gasteiger partial charge in [-0.25, -0.2) is 4.79 Å². The average molecular weight is 619 g/mol. The maximum absolute atomic E-state index is 11.3. The molecule has 0 saturated carbocycles. The van der Waals surface area contributed by atoms with Crippen molar-refractivity contribution in [1.29, 1.82) is 0 Å². The molecule has 5 nitrogen and oxygen atoms in total. The highest BCUT2D eigenvalue weighted by Crippen LogP contribution is 2.36. The molecule has 3 atom stereocenters. The first-order chi connectivity index (χ1) is 19.2. The molecular weight excluding hydrogens is 581 g/mol. The van der Waals surface area contributed by atoms with Crippen LogP contribution in [0.25, 0.3) is 0 Å². The van der Waals surface area contributed by atoms with E-state index >= 15 is 0 Å². The first kappa shape index (κ1) is 34.4. The number of carboxylic acid groups (broad SMARTS) is 1. The second-order valence-electron chi connectivity index (χ2n) is 10.4. The van der Waals surface area contributed by atoms with Crippen LogP contribution in [0, 0.1) is 6.92 Å². The summed E-state index contributed by atoms with van der Waals surface area (Å²) >= 11 is 18.1. The van der Waals surface area contributed by atoms with Crippen molar-refractivity contribution in [3.63, 3.8) is 0 Å². The molecule has 3 aromatic carbocycles. The van der Waals surface area contributed by atoms with Crippen LogP contribution in [-0.2, 0) is 15.2 Å². The molecule has 41 heavy (non-hydrogen) atoms. The van der Waals surface area contributed by atoms with Crippen LogP contribution < -0.4 is 5.32 Å². The molecule has 0 saturated heterocycles. The number of anilines is 1. The van der Waals surface area contributed by atoms with Gasteiger partial charge in [-0.2, -0.15) is 0 Å². The van der Waals surface area contributed by atoms with Gasteiger partial charge in [-0.15, -0.1) is 0 Å². The van der Waals surface area contributed by atoms with Gasteiger partial charge in [-0.05, 0) is 104 Å². The number of benzene rings is 3. The monoisotopic (exact) mass is 617 g/mol. The summed E-state index contributed by atoms with van der Waals surface area (Å²) in [5, 5.41) is 24.0. The lowest BCUT2D eigenvalue weighted by atomic mass is 9.84. The van der Waals surface area contributed by atoms with Crippen molar-refractivity contribution in [2.75, 3.05) is 5.32 Å². The fourth-order valence-corrected chi connectivity index (χ4v) is 5.40. The van der Waals surface area contributed by atoms with Crippen LogP contribution in [0.3, 0.4) is 0 Å². The van der Waals surface area contributed by atoms with Crippen molar-refractivity contribution < 1.29 is 19.8 Å². The number of nitrogens with one attached hydrogen (secondary N) is 1. The number of amides is 1. The van der Waals surface area contributed by atoms with Crippen LogP contribution in [0.5, 0.6) is 0 Å². The van der Waals surface area contributed by atoms with E-state index < -0.39 is 11.6 Å². The Morgan fingerprint density at radius 2 is 1.51 bits per heavy atom. The number of hydrogen-bond acceptors (Lipinski definition) is 3. The lowest BCUT2D eigenvalue weighted by Gasteiger charge is -2.25. The van der Waals surface area contributed by atoms with Gasteiger partial charge in [-0.1, -0.05) is 85.4 Å². The van der Waals surface area contributed by atoms with E-state index in [1.807, 2.05) is 44.2 Å². The third-order valence-corrected chi connectivity index (χ3v) is 7.78. The average Bonchev–Trinajstić information content (AvgIpc) is 2.90. The molecule has 3 N–H and O–H groups in total. The molecule has 1 amide bonds. The Kier molecular flexibility index (Phi) is 12.9. The molecule has 8 heteroatoms. The smallest absolute Gasteiger partial charge is 0.340 e. The molecule has 0 radical (unpaired) electrons. The molecule has 0 fully saturated rings. The number of rotatable bonds is 10. The number of aliphatic carboxylic acids is 1. The van der Waals surface area contributed by atoms with Crippen molar-refractivity contribution in [3.05, 3.63) is 109 Å². The molecular formula is C33H38Cl3NO4. The molecule has 3 aromatic rings. The highest BCUT2D eigenvalue weighted by molar-refractivity contribution is 6.31. The normalized spacial score (nSPS) is 14.2. The fourth-order valence-electron chi connectivity index (χ4n) is 4.86. The molecule has 0 aromatic heterocycles. The number of aryl methyl sites for hydroxylation is 1. The minimum absolute atomic E-state index is 0.0762. The van der Waals surface area contributed by atoms with Crippen molar-refractivity contribution in [1.82, 2.24) is 0 Å².